The summed E-state index contributed by atoms with van der Waals surface area (Å²) in [5.74, 6) is 0.477. The standard InChI is InChI=1S/C25H26N4O2/c1-29-22-12-17(6-7-18(22)13-23(29)30)16-4-2-15(3-5-16)10-21(14-26)28-25(31)24-19-8-9-20(11-19)27-24/h2-7,12,19-21,24,27H,8-11,13H2,1H3,(H,28,31)/t19-,20-,21-,24-/m0/s1. The lowest BCUT2D eigenvalue weighted by molar-refractivity contribution is -0.124. The zero-order valence-corrected chi connectivity index (χ0v) is 17.6. The number of nitrogens with zero attached hydrogens (tertiary/aromatic N) is 2. The molecule has 2 N–H and O–H groups in total. The van der Waals surface area contributed by atoms with Crippen LogP contribution >= 0.6 is 0 Å². The smallest absolute Gasteiger partial charge is 0.238 e. The van der Waals surface area contributed by atoms with E-state index in [1.807, 2.05) is 43.4 Å². The molecule has 2 bridgehead atoms. The van der Waals surface area contributed by atoms with Crippen LogP contribution in [0.5, 0.6) is 0 Å². The lowest BCUT2D eigenvalue weighted by Crippen LogP contribution is -2.50. The number of nitrogens with one attached hydrogen (secondary N) is 2. The van der Waals surface area contributed by atoms with Gasteiger partial charge in [-0.05, 0) is 53.5 Å². The number of nitriles is 1. The zero-order valence-electron chi connectivity index (χ0n) is 17.6. The Labute approximate surface area is 182 Å². The Morgan fingerprint density at radius 1 is 1.23 bits per heavy atom. The number of amides is 2. The molecule has 31 heavy (non-hydrogen) atoms. The van der Waals surface area contributed by atoms with E-state index in [9.17, 15) is 14.9 Å². The highest BCUT2D eigenvalue weighted by Crippen LogP contribution is 2.35. The number of carbonyl (C=O) groups excluding carboxylic acids is 2. The molecule has 0 radical (unpaired) electrons. The molecule has 2 fully saturated rings. The van der Waals surface area contributed by atoms with Crippen molar-refractivity contribution in [2.45, 2.75) is 50.2 Å². The van der Waals surface area contributed by atoms with E-state index in [1.54, 1.807) is 4.90 Å². The quantitative estimate of drug-likeness (QED) is 0.788. The molecule has 2 amide bonds. The minimum Gasteiger partial charge on any atom is -0.339 e. The van der Waals surface area contributed by atoms with E-state index in [-0.39, 0.29) is 17.9 Å². The summed E-state index contributed by atoms with van der Waals surface area (Å²) in [4.78, 5) is 26.2. The molecular formula is C25H26N4O2. The molecule has 1 saturated carbocycles. The SMILES string of the molecule is CN1C(=O)Cc2ccc(-c3ccc(C[C@@H](C#N)NC(=O)[C@H]4N[C@H]5CC[C@H]4C5)cc3)cc21. The van der Waals surface area contributed by atoms with Gasteiger partial charge in [0, 0.05) is 25.2 Å². The highest BCUT2D eigenvalue weighted by molar-refractivity contribution is 6.01. The minimum atomic E-state index is -0.543. The second-order valence-electron chi connectivity index (χ2n) is 8.98. The number of rotatable bonds is 5. The van der Waals surface area contributed by atoms with Gasteiger partial charge in [0.15, 0.2) is 0 Å². The second-order valence-corrected chi connectivity index (χ2v) is 8.98. The normalized spacial score (nSPS) is 24.7. The average molecular weight is 415 g/mol. The highest BCUT2D eigenvalue weighted by Gasteiger charge is 2.43. The fraction of sp³-hybridized carbons (Fsp3) is 0.400. The van der Waals surface area contributed by atoms with E-state index < -0.39 is 6.04 Å². The van der Waals surface area contributed by atoms with Gasteiger partial charge in [0.2, 0.25) is 11.8 Å². The van der Waals surface area contributed by atoms with Gasteiger partial charge >= 0.3 is 0 Å². The van der Waals surface area contributed by atoms with Crippen LogP contribution in [-0.2, 0) is 22.4 Å². The first-order valence-electron chi connectivity index (χ1n) is 11.0. The topological polar surface area (TPSA) is 85.2 Å². The first-order chi connectivity index (χ1) is 15.0. The Morgan fingerprint density at radius 2 is 2.00 bits per heavy atom. The molecule has 158 valence electrons. The minimum absolute atomic E-state index is 0.0489. The summed E-state index contributed by atoms with van der Waals surface area (Å²) in [6.07, 6.45) is 4.26. The highest BCUT2D eigenvalue weighted by atomic mass is 16.2. The van der Waals surface area contributed by atoms with E-state index in [0.29, 0.717) is 24.8 Å². The molecule has 1 saturated heterocycles. The summed E-state index contributed by atoms with van der Waals surface area (Å²) in [6, 6.07) is 16.2. The second kappa shape index (κ2) is 7.82. The van der Waals surface area contributed by atoms with E-state index in [0.717, 1.165) is 47.2 Å². The molecule has 3 aliphatic rings. The monoisotopic (exact) mass is 414 g/mol. The van der Waals surface area contributed by atoms with E-state index in [4.69, 9.17) is 0 Å². The predicted molar refractivity (Wildman–Crippen MR) is 118 cm³/mol. The number of anilines is 1. The van der Waals surface area contributed by atoms with Gasteiger partial charge < -0.3 is 15.5 Å². The Bertz CT molecular complexity index is 1070. The molecule has 0 unspecified atom stereocenters. The molecule has 2 aliphatic heterocycles. The van der Waals surface area contributed by atoms with Gasteiger partial charge in [0.25, 0.3) is 0 Å². The van der Waals surface area contributed by atoms with Crippen LogP contribution in [0.15, 0.2) is 42.5 Å². The largest absolute Gasteiger partial charge is 0.339 e. The van der Waals surface area contributed by atoms with Crippen molar-refractivity contribution >= 4 is 17.5 Å². The summed E-state index contributed by atoms with van der Waals surface area (Å²) in [6.45, 7) is 0. The van der Waals surface area contributed by atoms with Crippen LogP contribution < -0.4 is 15.5 Å². The number of likely N-dealkylation sites (N-methyl/N-ethyl adjacent to an activating group) is 1. The molecule has 5 rings (SSSR count). The molecule has 6 nitrogen and oxygen atoms in total. The van der Waals surface area contributed by atoms with Crippen molar-refractivity contribution in [2.24, 2.45) is 5.92 Å². The third-order valence-corrected chi connectivity index (χ3v) is 7.00. The van der Waals surface area contributed by atoms with Crippen LogP contribution in [0, 0.1) is 17.2 Å². The Kier molecular flexibility index (Phi) is 4.99. The van der Waals surface area contributed by atoms with Crippen LogP contribution in [0.1, 0.15) is 30.4 Å². The number of hydrogen-bond donors (Lipinski definition) is 2. The van der Waals surface area contributed by atoms with Crippen LogP contribution in [0.4, 0.5) is 5.69 Å². The van der Waals surface area contributed by atoms with E-state index in [1.165, 1.54) is 0 Å². The van der Waals surface area contributed by atoms with Crippen molar-refractivity contribution < 1.29 is 9.59 Å². The molecule has 0 aromatic heterocycles. The van der Waals surface area contributed by atoms with Gasteiger partial charge in [-0.1, -0.05) is 36.4 Å². The molecule has 6 heteroatoms. The van der Waals surface area contributed by atoms with Gasteiger partial charge in [0.05, 0.1) is 18.5 Å². The van der Waals surface area contributed by atoms with Crippen molar-refractivity contribution in [3.8, 4) is 17.2 Å². The first-order valence-corrected chi connectivity index (χ1v) is 11.0. The number of fused-ring (bicyclic) bond motifs is 3. The molecule has 0 spiro atoms. The zero-order chi connectivity index (χ0) is 21.5. The summed E-state index contributed by atoms with van der Waals surface area (Å²) in [5, 5.41) is 15.9. The maximum absolute atomic E-state index is 12.6. The maximum Gasteiger partial charge on any atom is 0.238 e. The number of hydrogen-bond acceptors (Lipinski definition) is 4. The molecule has 1 aliphatic carbocycles. The number of piperidine rings is 1. The van der Waals surface area contributed by atoms with Gasteiger partial charge in [-0.25, -0.2) is 0 Å². The van der Waals surface area contributed by atoms with Crippen molar-refractivity contribution in [3.05, 3.63) is 53.6 Å². The molecule has 2 aromatic rings. The van der Waals surface area contributed by atoms with Crippen LogP contribution in [0.2, 0.25) is 0 Å². The molecule has 2 heterocycles. The van der Waals surface area contributed by atoms with Gasteiger partial charge in [0.1, 0.15) is 6.04 Å². The Balaban J connectivity index is 1.24. The van der Waals surface area contributed by atoms with Crippen LogP contribution in [0.25, 0.3) is 11.1 Å². The van der Waals surface area contributed by atoms with Crippen molar-refractivity contribution in [1.29, 1.82) is 5.26 Å². The summed E-state index contributed by atoms with van der Waals surface area (Å²) in [5.41, 5.74) is 5.14. The summed E-state index contributed by atoms with van der Waals surface area (Å²) in [7, 11) is 1.81. The van der Waals surface area contributed by atoms with Crippen molar-refractivity contribution in [1.82, 2.24) is 10.6 Å². The van der Waals surface area contributed by atoms with Gasteiger partial charge in [-0.2, -0.15) is 5.26 Å². The molecule has 4 atom stereocenters. The maximum atomic E-state index is 12.6. The average Bonchev–Trinajstić information content (AvgIpc) is 3.49. The summed E-state index contributed by atoms with van der Waals surface area (Å²) >= 11 is 0. The molecule has 2 aromatic carbocycles. The predicted octanol–water partition coefficient (Wildman–Crippen LogP) is 2.56. The lowest BCUT2D eigenvalue weighted by Gasteiger charge is -2.23. The third-order valence-electron chi connectivity index (χ3n) is 7.00. The first kappa shape index (κ1) is 19.8. The van der Waals surface area contributed by atoms with Gasteiger partial charge in [-0.15, -0.1) is 0 Å². The van der Waals surface area contributed by atoms with Crippen molar-refractivity contribution in [3.63, 3.8) is 0 Å². The number of carbonyl (C=O) groups is 2. The fourth-order valence-electron chi connectivity index (χ4n) is 5.23. The van der Waals surface area contributed by atoms with Crippen LogP contribution in [-0.4, -0.2) is 37.0 Å². The van der Waals surface area contributed by atoms with Crippen molar-refractivity contribution in [2.75, 3.05) is 11.9 Å². The van der Waals surface area contributed by atoms with E-state index >= 15 is 0 Å². The third kappa shape index (κ3) is 3.70. The van der Waals surface area contributed by atoms with E-state index in [2.05, 4.69) is 22.8 Å². The van der Waals surface area contributed by atoms with Crippen LogP contribution in [0.3, 0.4) is 0 Å². The Morgan fingerprint density at radius 3 is 2.68 bits per heavy atom. The summed E-state index contributed by atoms with van der Waals surface area (Å²) < 4.78 is 0. The number of benzene rings is 2. The lowest BCUT2D eigenvalue weighted by atomic mass is 9.97. The fourth-order valence-corrected chi connectivity index (χ4v) is 5.23. The van der Waals surface area contributed by atoms with Gasteiger partial charge in [-0.3, -0.25) is 9.59 Å². The molecular weight excluding hydrogens is 388 g/mol. The Hall–Kier alpha value is -3.17.